The van der Waals surface area contributed by atoms with E-state index in [4.69, 9.17) is 84.9 Å². The van der Waals surface area contributed by atoms with E-state index in [2.05, 4.69) is 4.74 Å². The number of aliphatic hydroxyl groups is 3. The lowest BCUT2D eigenvalue weighted by Crippen LogP contribution is -2.47. The summed E-state index contributed by atoms with van der Waals surface area (Å²) in [4.78, 5) is 19.9. The number of alkyl halides is 4. The average molecular weight is 463 g/mol. The number of esters is 2. The van der Waals surface area contributed by atoms with Crippen molar-refractivity contribution in [3.05, 3.63) is 10.1 Å². The van der Waals surface area contributed by atoms with Crippen LogP contribution in [0, 0.1) is 11.8 Å². The average Bonchev–Trinajstić information content (AvgIpc) is 2.95. The Kier molecular flexibility index (Phi) is 5.71. The third kappa shape index (κ3) is 2.35. The van der Waals surface area contributed by atoms with E-state index >= 15 is 0 Å². The number of cyclic esters (lactones) is 2. The Morgan fingerprint density at radius 3 is 1.50 bits per heavy atom. The highest BCUT2D eigenvalue weighted by molar-refractivity contribution is 6.66. The summed E-state index contributed by atoms with van der Waals surface area (Å²) in [5.74, 6) is -3.99. The Morgan fingerprint density at radius 2 is 1.25 bits per heavy atom. The highest BCUT2D eigenvalue weighted by atomic mass is 35.5. The second-order valence-electron chi connectivity index (χ2n) is 5.34. The van der Waals surface area contributed by atoms with Gasteiger partial charge in [-0.25, -0.2) is 0 Å². The highest BCUT2D eigenvalue weighted by Gasteiger charge is 2.87. The molecule has 4 atom stereocenters. The molecule has 1 heterocycles. The molecular weight excluding hydrogens is 453 g/mol. The monoisotopic (exact) mass is 460 g/mol. The van der Waals surface area contributed by atoms with E-state index in [1.54, 1.807) is 0 Å². The lowest BCUT2D eigenvalue weighted by molar-refractivity contribution is -0.154. The zero-order valence-electron chi connectivity index (χ0n) is 11.5. The van der Waals surface area contributed by atoms with Crippen LogP contribution in [0.4, 0.5) is 0 Å². The Balaban J connectivity index is 0.000000301. The third-order valence-electron chi connectivity index (χ3n) is 4.07. The van der Waals surface area contributed by atoms with Gasteiger partial charge in [-0.15, -0.1) is 23.2 Å². The molecule has 3 rings (SSSR count). The van der Waals surface area contributed by atoms with Crippen molar-refractivity contribution < 1.29 is 29.6 Å². The number of carbonyl (C=O) groups is 2. The van der Waals surface area contributed by atoms with Crippen LogP contribution < -0.4 is 0 Å². The van der Waals surface area contributed by atoms with E-state index < -0.39 is 44.0 Å². The van der Waals surface area contributed by atoms with Gasteiger partial charge >= 0.3 is 11.9 Å². The first-order valence-electron chi connectivity index (χ1n) is 6.40. The van der Waals surface area contributed by atoms with Gasteiger partial charge in [-0.05, 0) is 0 Å². The highest BCUT2D eigenvalue weighted by Crippen LogP contribution is 2.77. The van der Waals surface area contributed by atoms with Crippen LogP contribution in [0.15, 0.2) is 10.1 Å². The first-order chi connectivity index (χ1) is 10.9. The molecule has 1 aliphatic heterocycles. The summed E-state index contributed by atoms with van der Waals surface area (Å²) in [7, 11) is 0. The molecule has 2 bridgehead atoms. The van der Waals surface area contributed by atoms with Crippen LogP contribution in [-0.2, 0) is 14.3 Å². The van der Waals surface area contributed by atoms with Gasteiger partial charge in [0.15, 0.2) is 4.33 Å². The molecule has 12 heteroatoms. The number of carbonyl (C=O) groups excluding carboxylic acids is 2. The van der Waals surface area contributed by atoms with E-state index in [1.165, 1.54) is 0 Å². The number of fused-ring (bicyclic) bond motifs is 5. The van der Waals surface area contributed by atoms with Gasteiger partial charge in [0.05, 0.1) is 23.3 Å². The molecule has 6 nitrogen and oxygen atoms in total. The van der Waals surface area contributed by atoms with Gasteiger partial charge in [0.1, 0.15) is 27.7 Å². The Morgan fingerprint density at radius 1 is 0.917 bits per heavy atom. The number of halogens is 6. The zero-order valence-corrected chi connectivity index (χ0v) is 16.0. The van der Waals surface area contributed by atoms with Crippen LogP contribution in [-0.4, -0.2) is 60.7 Å². The van der Waals surface area contributed by atoms with Gasteiger partial charge in [-0.1, -0.05) is 46.4 Å². The predicted octanol–water partition coefficient (Wildman–Crippen LogP) is 1.48. The maximum absolute atomic E-state index is 11.7. The summed E-state index contributed by atoms with van der Waals surface area (Å²) in [6.45, 7) is -0.729. The smallest absolute Gasteiger partial charge is 0.319 e. The summed E-state index contributed by atoms with van der Waals surface area (Å²) >= 11 is 36.9. The van der Waals surface area contributed by atoms with E-state index in [0.717, 1.165) is 0 Å². The second kappa shape index (κ2) is 6.59. The molecule has 3 aliphatic rings. The molecule has 24 heavy (non-hydrogen) atoms. The van der Waals surface area contributed by atoms with Crippen molar-refractivity contribution in [1.82, 2.24) is 0 Å². The summed E-state index contributed by atoms with van der Waals surface area (Å²) in [5, 5.41) is 23.8. The van der Waals surface area contributed by atoms with Crippen LogP contribution in [0.2, 0.25) is 0 Å². The van der Waals surface area contributed by atoms with Crippen molar-refractivity contribution >= 4 is 81.5 Å². The quantitative estimate of drug-likeness (QED) is 0.326. The van der Waals surface area contributed by atoms with Gasteiger partial charge in [0, 0.05) is 0 Å². The first-order valence-corrected chi connectivity index (χ1v) is 8.66. The number of hydrogen-bond donors (Lipinski definition) is 3. The van der Waals surface area contributed by atoms with Crippen LogP contribution in [0.25, 0.3) is 0 Å². The molecule has 1 saturated carbocycles. The van der Waals surface area contributed by atoms with Crippen LogP contribution in [0.5, 0.6) is 0 Å². The number of allylic oxidation sites excluding steroid dienone is 2. The lowest BCUT2D eigenvalue weighted by Gasteiger charge is -2.32. The zero-order chi connectivity index (χ0) is 18.7. The van der Waals surface area contributed by atoms with Gasteiger partial charge in [-0.3, -0.25) is 9.59 Å². The third-order valence-corrected chi connectivity index (χ3v) is 8.33. The van der Waals surface area contributed by atoms with Gasteiger partial charge < -0.3 is 20.1 Å². The Labute approximate surface area is 166 Å². The predicted molar refractivity (Wildman–Crippen MR) is 88.6 cm³/mol. The minimum absolute atomic E-state index is 0.126. The lowest BCUT2D eigenvalue weighted by atomic mass is 9.84. The molecule has 0 amide bonds. The second-order valence-corrected chi connectivity index (χ2v) is 8.62. The van der Waals surface area contributed by atoms with Crippen molar-refractivity contribution in [1.29, 1.82) is 0 Å². The topological polar surface area (TPSA) is 104 Å². The van der Waals surface area contributed by atoms with Crippen LogP contribution >= 0.6 is 69.6 Å². The normalized spacial score (nSPS) is 39.1. The molecule has 2 fully saturated rings. The van der Waals surface area contributed by atoms with Crippen molar-refractivity contribution in [3.63, 3.8) is 0 Å². The fourth-order valence-electron chi connectivity index (χ4n) is 2.86. The van der Waals surface area contributed by atoms with Gasteiger partial charge in [0.2, 0.25) is 0 Å². The van der Waals surface area contributed by atoms with Crippen LogP contribution in [0.3, 0.4) is 0 Å². The number of aliphatic hydroxyl groups excluding tert-OH is 3. The molecular formula is C12H10Cl6O6. The maximum Gasteiger partial charge on any atom is 0.319 e. The minimum atomic E-state index is -1.89. The molecule has 0 aromatic rings. The Hall–Kier alpha value is 0.500. The number of ether oxygens (including phenoxy) is 1. The van der Waals surface area contributed by atoms with Crippen molar-refractivity contribution in [3.8, 4) is 0 Å². The van der Waals surface area contributed by atoms with Crippen molar-refractivity contribution in [2.45, 2.75) is 20.2 Å². The first kappa shape index (κ1) is 20.8. The van der Waals surface area contributed by atoms with E-state index in [0.29, 0.717) is 0 Å². The molecule has 0 aromatic carbocycles. The van der Waals surface area contributed by atoms with E-state index in [-0.39, 0.29) is 23.3 Å². The minimum Gasteiger partial charge on any atom is -0.394 e. The summed E-state index contributed by atoms with van der Waals surface area (Å²) in [5.41, 5.74) is 0. The van der Waals surface area contributed by atoms with E-state index in [1.807, 2.05) is 0 Å². The van der Waals surface area contributed by atoms with Crippen molar-refractivity contribution in [2.75, 3.05) is 13.2 Å². The molecule has 0 aromatic heterocycles. The summed E-state index contributed by atoms with van der Waals surface area (Å²) in [6, 6.07) is 0. The largest absolute Gasteiger partial charge is 0.394 e. The molecule has 0 radical (unpaired) electrons. The summed E-state index contributed by atoms with van der Waals surface area (Å²) in [6.07, 6.45) is -0.954. The fraction of sp³-hybridized carbons (Fsp3) is 0.667. The fourth-order valence-corrected chi connectivity index (χ4v) is 5.78. The molecule has 2 aliphatic carbocycles. The summed E-state index contributed by atoms with van der Waals surface area (Å²) < 4.78 is 2.63. The SMILES string of the molecule is O=C1OC(=O)C2C1C1(Cl)C(Cl)=C(Cl)C2(Cl)C1(Cl)Cl.OCC(O)CO. The number of hydrogen-bond acceptors (Lipinski definition) is 6. The maximum atomic E-state index is 11.7. The molecule has 1 saturated heterocycles. The Bertz CT molecular complexity index is 575. The molecule has 3 N–H and O–H groups in total. The standard InChI is InChI=1S/C9H2Cl6O3.C3H8O3/c10-3-4(11)8(13)2-1(5(16)18-6(2)17)7(3,12)9(8,14)15;4-1-3(6)2-5/h1-2H;3-6H,1-2H2. The molecule has 4 unspecified atom stereocenters. The molecule has 0 spiro atoms. The van der Waals surface area contributed by atoms with Gasteiger partial charge in [-0.2, -0.15) is 0 Å². The number of rotatable bonds is 2. The van der Waals surface area contributed by atoms with Gasteiger partial charge in [0.25, 0.3) is 0 Å². The van der Waals surface area contributed by atoms with Crippen molar-refractivity contribution in [2.24, 2.45) is 11.8 Å². The van der Waals surface area contributed by atoms with E-state index in [9.17, 15) is 9.59 Å². The van der Waals surface area contributed by atoms with Crippen LogP contribution in [0.1, 0.15) is 0 Å². The molecule has 136 valence electrons.